The molecule has 0 bridgehead atoms. The van der Waals surface area contributed by atoms with Crippen molar-refractivity contribution in [3.8, 4) is 0 Å². The molecule has 2 aliphatic rings. The molecule has 3 aromatic heterocycles. The summed E-state index contributed by atoms with van der Waals surface area (Å²) >= 11 is 0. The Bertz CT molecular complexity index is 1330. The summed E-state index contributed by atoms with van der Waals surface area (Å²) in [6.07, 6.45) is 2.98. The lowest BCUT2D eigenvalue weighted by Crippen LogP contribution is -2.41. The molecule has 5 heterocycles. The third-order valence-corrected chi connectivity index (χ3v) is 8.65. The number of aliphatic hydroxyl groups is 1. The molecule has 1 fully saturated rings. The van der Waals surface area contributed by atoms with Crippen LogP contribution < -0.4 is 5.56 Å². The second-order valence-electron chi connectivity index (χ2n) is 8.66. The highest BCUT2D eigenvalue weighted by Crippen LogP contribution is 2.38. The smallest absolute Gasteiger partial charge is 0.355 e. The Balaban J connectivity index is 1.69. The molecule has 0 saturated carbocycles. The Hall–Kier alpha value is -2.95. The Kier molecular flexibility index (Phi) is 5.38. The number of nitrogens with zero attached hydrogens (tertiary/aromatic N) is 3. The standard InChI is InChI=1S/C23H25N4O5S/c1-12(2)33-18-8-15(7-14-9-25-20-17(14)5-4-6-24-20)27(21(29)19(18)13(3)22(33)30)23(31)26-10-16(28)11-32-26/h4-6,8-9,12-13,16,28H,7,10-11H2,1-3H3,(H,24,25)/q+1/t13-,16?,33?/m0/s1. The van der Waals surface area contributed by atoms with Crippen LogP contribution in [0.25, 0.3) is 11.0 Å². The molecule has 2 aliphatic heterocycles. The Labute approximate surface area is 192 Å². The van der Waals surface area contributed by atoms with Gasteiger partial charge in [0.05, 0.1) is 12.1 Å². The molecule has 2 unspecified atom stereocenters. The lowest BCUT2D eigenvalue weighted by Gasteiger charge is -2.19. The summed E-state index contributed by atoms with van der Waals surface area (Å²) in [5.74, 6) is -0.575. The van der Waals surface area contributed by atoms with Crippen LogP contribution in [0.15, 0.2) is 40.3 Å². The third kappa shape index (κ3) is 3.49. The van der Waals surface area contributed by atoms with Crippen molar-refractivity contribution in [2.45, 2.75) is 49.4 Å². The van der Waals surface area contributed by atoms with E-state index in [0.29, 0.717) is 16.9 Å². The van der Waals surface area contributed by atoms with Gasteiger partial charge < -0.3 is 10.1 Å². The first-order valence-electron chi connectivity index (χ1n) is 10.9. The summed E-state index contributed by atoms with van der Waals surface area (Å²) in [5, 5.41) is 11.8. The monoisotopic (exact) mass is 469 g/mol. The van der Waals surface area contributed by atoms with Gasteiger partial charge in [0.15, 0.2) is 4.90 Å². The van der Waals surface area contributed by atoms with E-state index in [0.717, 1.165) is 25.5 Å². The molecular weight excluding hydrogens is 444 g/mol. The Morgan fingerprint density at radius 1 is 1.39 bits per heavy atom. The van der Waals surface area contributed by atoms with E-state index in [4.69, 9.17) is 4.84 Å². The number of carbonyl (C=O) groups excluding carboxylic acids is 2. The lowest BCUT2D eigenvalue weighted by molar-refractivity contribution is -0.112. The fraction of sp³-hybridized carbons (Fsp3) is 0.391. The molecule has 0 aromatic carbocycles. The van der Waals surface area contributed by atoms with Gasteiger partial charge in [-0.3, -0.25) is 9.63 Å². The largest absolute Gasteiger partial charge is 0.389 e. The molecule has 1 amide bonds. The number of fused-ring (bicyclic) bond motifs is 2. The van der Waals surface area contributed by atoms with E-state index < -0.39 is 34.5 Å². The molecule has 2 N–H and O–H groups in total. The molecule has 5 rings (SSSR count). The number of pyridine rings is 2. The number of carbonyl (C=O) groups is 2. The van der Waals surface area contributed by atoms with Crippen LogP contribution >= 0.6 is 0 Å². The van der Waals surface area contributed by atoms with Crippen LogP contribution in [-0.4, -0.2) is 60.4 Å². The number of β-amino-alcohol motifs (C(OH)–C–C–N with tert-alkyl or cyclic N) is 1. The predicted molar refractivity (Wildman–Crippen MR) is 123 cm³/mol. The highest BCUT2D eigenvalue weighted by Gasteiger charge is 2.51. The van der Waals surface area contributed by atoms with Crippen molar-refractivity contribution in [1.29, 1.82) is 0 Å². The van der Waals surface area contributed by atoms with Gasteiger partial charge in [-0.2, -0.15) is 5.06 Å². The van der Waals surface area contributed by atoms with Gasteiger partial charge in [-0.15, -0.1) is 0 Å². The quantitative estimate of drug-likeness (QED) is 0.566. The number of rotatable bonds is 3. The lowest BCUT2D eigenvalue weighted by atomic mass is 10.0. The van der Waals surface area contributed by atoms with Crippen LogP contribution in [0.4, 0.5) is 4.79 Å². The zero-order valence-electron chi connectivity index (χ0n) is 18.6. The van der Waals surface area contributed by atoms with Crippen LogP contribution in [0, 0.1) is 0 Å². The topological polar surface area (TPSA) is 118 Å². The van der Waals surface area contributed by atoms with E-state index in [1.165, 1.54) is 0 Å². The van der Waals surface area contributed by atoms with Crippen LogP contribution in [0.3, 0.4) is 0 Å². The molecule has 0 radical (unpaired) electrons. The number of hydrogen-bond acceptors (Lipinski definition) is 6. The summed E-state index contributed by atoms with van der Waals surface area (Å²) in [5.41, 5.74) is 1.95. The maximum absolute atomic E-state index is 13.7. The number of hydrogen-bond donors (Lipinski definition) is 2. The van der Waals surface area contributed by atoms with Crippen LogP contribution in [-0.2, 0) is 26.9 Å². The Morgan fingerprint density at radius 2 is 2.18 bits per heavy atom. The molecule has 9 nitrogen and oxygen atoms in total. The minimum atomic E-state index is -0.811. The number of aromatic amines is 1. The fourth-order valence-corrected chi connectivity index (χ4v) is 7.00. The fourth-order valence-electron chi connectivity index (χ4n) is 4.54. The SMILES string of the molecule is CC(C)[S+]1C(=O)[C@@H](C)c2c1cc(Cc1c[nH]c3ncccc13)n(C(=O)N1CC(O)CO1)c2=O. The number of amides is 1. The minimum Gasteiger partial charge on any atom is -0.389 e. The zero-order chi connectivity index (χ0) is 23.4. The van der Waals surface area contributed by atoms with Gasteiger partial charge in [-0.25, -0.2) is 19.1 Å². The second-order valence-corrected chi connectivity index (χ2v) is 11.1. The summed E-state index contributed by atoms with van der Waals surface area (Å²) in [6, 6.07) is 4.93. The number of aromatic nitrogens is 3. The van der Waals surface area contributed by atoms with E-state index in [9.17, 15) is 19.5 Å². The van der Waals surface area contributed by atoms with Gasteiger partial charge in [0.1, 0.15) is 40.4 Å². The van der Waals surface area contributed by atoms with Crippen molar-refractivity contribution in [2.24, 2.45) is 0 Å². The van der Waals surface area contributed by atoms with E-state index in [1.807, 2.05) is 38.2 Å². The molecule has 172 valence electrons. The van der Waals surface area contributed by atoms with Crippen molar-refractivity contribution in [2.75, 3.05) is 13.2 Å². The van der Waals surface area contributed by atoms with Crippen molar-refractivity contribution in [1.82, 2.24) is 19.6 Å². The number of aliphatic hydroxyl groups excluding tert-OH is 1. The summed E-state index contributed by atoms with van der Waals surface area (Å²) in [4.78, 5) is 53.6. The summed E-state index contributed by atoms with van der Waals surface area (Å²) in [6.45, 7) is 5.64. The van der Waals surface area contributed by atoms with Crippen molar-refractivity contribution in [3.05, 3.63) is 57.8 Å². The van der Waals surface area contributed by atoms with E-state index in [1.54, 1.807) is 13.1 Å². The summed E-state index contributed by atoms with van der Waals surface area (Å²) in [7, 11) is -0.723. The van der Waals surface area contributed by atoms with Gasteiger partial charge in [-0.1, -0.05) is 0 Å². The van der Waals surface area contributed by atoms with Gasteiger partial charge in [-0.05, 0) is 38.5 Å². The normalized spacial score (nSPS) is 22.5. The maximum atomic E-state index is 13.7. The first-order valence-corrected chi connectivity index (χ1v) is 12.2. The van der Waals surface area contributed by atoms with Gasteiger partial charge >= 0.3 is 11.1 Å². The average molecular weight is 470 g/mol. The first-order chi connectivity index (χ1) is 15.8. The van der Waals surface area contributed by atoms with Crippen LogP contribution in [0.5, 0.6) is 0 Å². The van der Waals surface area contributed by atoms with E-state index in [-0.39, 0.29) is 29.9 Å². The molecule has 3 atom stereocenters. The average Bonchev–Trinajstić information content (AvgIpc) is 3.45. The number of nitrogens with one attached hydrogen (secondary N) is 1. The highest BCUT2D eigenvalue weighted by molar-refractivity contribution is 8.12. The highest BCUT2D eigenvalue weighted by atomic mass is 32.2. The molecule has 0 spiro atoms. The first kappa shape index (κ1) is 21.9. The molecule has 1 saturated heterocycles. The van der Waals surface area contributed by atoms with Crippen LogP contribution in [0.2, 0.25) is 0 Å². The predicted octanol–water partition coefficient (Wildman–Crippen LogP) is 1.92. The van der Waals surface area contributed by atoms with Crippen molar-refractivity contribution < 1.29 is 19.5 Å². The second kappa shape index (κ2) is 8.12. The van der Waals surface area contributed by atoms with E-state index >= 15 is 0 Å². The van der Waals surface area contributed by atoms with E-state index in [2.05, 4.69) is 9.97 Å². The third-order valence-electron chi connectivity index (χ3n) is 6.11. The Morgan fingerprint density at radius 3 is 2.88 bits per heavy atom. The van der Waals surface area contributed by atoms with Crippen molar-refractivity contribution >= 4 is 33.1 Å². The molecule has 33 heavy (non-hydrogen) atoms. The molecule has 3 aromatic rings. The van der Waals surface area contributed by atoms with Gasteiger partial charge in [0.2, 0.25) is 0 Å². The molecular formula is C23H25N4O5S+. The van der Waals surface area contributed by atoms with Gasteiger partial charge in [0.25, 0.3) is 5.56 Å². The van der Waals surface area contributed by atoms with Crippen molar-refractivity contribution in [3.63, 3.8) is 0 Å². The number of hydroxylamine groups is 2. The minimum absolute atomic E-state index is 0.0133. The zero-order valence-corrected chi connectivity index (χ0v) is 19.4. The summed E-state index contributed by atoms with van der Waals surface area (Å²) < 4.78 is 1.10. The maximum Gasteiger partial charge on any atom is 0.355 e. The van der Waals surface area contributed by atoms with Gasteiger partial charge in [0, 0.05) is 36.0 Å². The van der Waals surface area contributed by atoms with Crippen LogP contribution in [0.1, 0.15) is 43.5 Å². The molecule has 0 aliphatic carbocycles. The number of H-pyrrole nitrogens is 1. The molecule has 10 heteroatoms.